The van der Waals surface area contributed by atoms with Gasteiger partial charge in [-0.3, -0.25) is 0 Å². The molecule has 1 aliphatic heterocycles. The fraction of sp³-hybridized carbons (Fsp3) is 0.647. The van der Waals surface area contributed by atoms with Crippen molar-refractivity contribution in [1.29, 1.82) is 0 Å². The van der Waals surface area contributed by atoms with Crippen molar-refractivity contribution in [2.24, 2.45) is 0 Å². The third-order valence-electron chi connectivity index (χ3n) is 4.02. The van der Waals surface area contributed by atoms with Gasteiger partial charge in [-0.15, -0.1) is 0 Å². The standard InChI is InChI=1S/C17H27NO3S/c1-4-12-21-17-9-8-15(13-16(17)14(2)3)22(19,20)18-10-6-5-7-11-18/h8-9,13-14H,4-7,10-12H2,1-3H3. The minimum atomic E-state index is -3.38. The summed E-state index contributed by atoms with van der Waals surface area (Å²) in [5.41, 5.74) is 0.964. The smallest absolute Gasteiger partial charge is 0.243 e. The molecule has 0 radical (unpaired) electrons. The van der Waals surface area contributed by atoms with E-state index in [0.29, 0.717) is 24.6 Å². The highest BCUT2D eigenvalue weighted by Gasteiger charge is 2.27. The van der Waals surface area contributed by atoms with Crippen molar-refractivity contribution in [2.45, 2.75) is 57.3 Å². The van der Waals surface area contributed by atoms with Gasteiger partial charge in [0, 0.05) is 13.1 Å². The lowest BCUT2D eigenvalue weighted by atomic mass is 10.0. The second-order valence-electron chi connectivity index (χ2n) is 6.17. The van der Waals surface area contributed by atoms with E-state index in [1.807, 2.05) is 6.07 Å². The van der Waals surface area contributed by atoms with Crippen molar-refractivity contribution in [2.75, 3.05) is 19.7 Å². The SMILES string of the molecule is CCCOc1ccc(S(=O)(=O)N2CCCCC2)cc1C(C)C. The average molecular weight is 325 g/mol. The monoisotopic (exact) mass is 325 g/mol. The van der Waals surface area contributed by atoms with Crippen LogP contribution < -0.4 is 4.74 Å². The molecule has 0 unspecified atom stereocenters. The van der Waals surface area contributed by atoms with Crippen LogP contribution >= 0.6 is 0 Å². The minimum absolute atomic E-state index is 0.225. The van der Waals surface area contributed by atoms with Gasteiger partial charge in [0.05, 0.1) is 11.5 Å². The van der Waals surface area contributed by atoms with Gasteiger partial charge in [0.1, 0.15) is 5.75 Å². The predicted molar refractivity (Wildman–Crippen MR) is 88.9 cm³/mol. The van der Waals surface area contributed by atoms with E-state index in [2.05, 4.69) is 20.8 Å². The predicted octanol–water partition coefficient (Wildman–Crippen LogP) is 3.77. The van der Waals surface area contributed by atoms with Crippen molar-refractivity contribution in [3.8, 4) is 5.75 Å². The molecular formula is C17H27NO3S. The Kier molecular flexibility index (Phi) is 5.87. The number of hydrogen-bond donors (Lipinski definition) is 0. The summed E-state index contributed by atoms with van der Waals surface area (Å²) in [6.07, 6.45) is 3.96. The summed E-state index contributed by atoms with van der Waals surface area (Å²) in [7, 11) is -3.38. The largest absolute Gasteiger partial charge is 0.493 e. The fourth-order valence-corrected chi connectivity index (χ4v) is 4.29. The molecule has 0 aliphatic carbocycles. The third kappa shape index (κ3) is 3.82. The molecule has 124 valence electrons. The first-order chi connectivity index (χ1) is 10.5. The summed E-state index contributed by atoms with van der Waals surface area (Å²) in [6, 6.07) is 5.28. The fourth-order valence-electron chi connectivity index (χ4n) is 2.74. The van der Waals surface area contributed by atoms with Gasteiger partial charge in [-0.1, -0.05) is 27.2 Å². The van der Waals surface area contributed by atoms with E-state index < -0.39 is 10.0 Å². The maximum atomic E-state index is 12.8. The molecule has 2 rings (SSSR count). The van der Waals surface area contributed by atoms with Crippen LogP contribution in [0.15, 0.2) is 23.1 Å². The molecule has 1 aromatic rings. The zero-order chi connectivity index (χ0) is 16.2. The van der Waals surface area contributed by atoms with Crippen LogP contribution in [0.1, 0.15) is 57.9 Å². The molecule has 1 aliphatic rings. The molecule has 0 saturated carbocycles. The van der Waals surface area contributed by atoms with E-state index in [-0.39, 0.29) is 5.92 Å². The second kappa shape index (κ2) is 7.47. The summed E-state index contributed by atoms with van der Waals surface area (Å²) in [5.74, 6) is 1.03. The van der Waals surface area contributed by atoms with Gasteiger partial charge >= 0.3 is 0 Å². The summed E-state index contributed by atoms with van der Waals surface area (Å²) >= 11 is 0. The highest BCUT2D eigenvalue weighted by atomic mass is 32.2. The molecule has 0 N–H and O–H groups in total. The zero-order valence-electron chi connectivity index (χ0n) is 13.8. The Hall–Kier alpha value is -1.07. The molecule has 5 heteroatoms. The van der Waals surface area contributed by atoms with Crippen LogP contribution in [-0.2, 0) is 10.0 Å². The first-order valence-corrected chi connectivity index (χ1v) is 9.67. The van der Waals surface area contributed by atoms with E-state index in [1.165, 1.54) is 0 Å². The maximum Gasteiger partial charge on any atom is 0.243 e. The van der Waals surface area contributed by atoms with Gasteiger partial charge < -0.3 is 4.74 Å². The molecule has 0 aromatic heterocycles. The van der Waals surface area contributed by atoms with E-state index in [4.69, 9.17) is 4.74 Å². The molecule has 1 heterocycles. The Morgan fingerprint density at radius 2 is 1.86 bits per heavy atom. The Morgan fingerprint density at radius 1 is 1.18 bits per heavy atom. The van der Waals surface area contributed by atoms with Gasteiger partial charge in [0.15, 0.2) is 0 Å². The van der Waals surface area contributed by atoms with Gasteiger partial charge in [-0.05, 0) is 48.9 Å². The van der Waals surface area contributed by atoms with Crippen LogP contribution in [0.4, 0.5) is 0 Å². The summed E-state index contributed by atoms with van der Waals surface area (Å²) < 4.78 is 32.9. The Morgan fingerprint density at radius 3 is 2.45 bits per heavy atom. The quantitative estimate of drug-likeness (QED) is 0.800. The molecule has 4 nitrogen and oxygen atoms in total. The highest BCUT2D eigenvalue weighted by Crippen LogP contribution is 2.31. The van der Waals surface area contributed by atoms with Crippen molar-refractivity contribution in [1.82, 2.24) is 4.31 Å². The van der Waals surface area contributed by atoms with Crippen LogP contribution in [0.3, 0.4) is 0 Å². The average Bonchev–Trinajstić information content (AvgIpc) is 2.53. The number of nitrogens with zero attached hydrogens (tertiary/aromatic N) is 1. The lowest BCUT2D eigenvalue weighted by molar-refractivity contribution is 0.312. The van der Waals surface area contributed by atoms with Crippen molar-refractivity contribution in [3.63, 3.8) is 0 Å². The first kappa shape index (κ1) is 17.3. The van der Waals surface area contributed by atoms with Crippen molar-refractivity contribution in [3.05, 3.63) is 23.8 Å². The first-order valence-electron chi connectivity index (χ1n) is 8.23. The van der Waals surface area contributed by atoms with Crippen LogP contribution in [0.5, 0.6) is 5.75 Å². The molecule has 22 heavy (non-hydrogen) atoms. The van der Waals surface area contributed by atoms with Gasteiger partial charge in [0.25, 0.3) is 0 Å². The number of piperidine rings is 1. The van der Waals surface area contributed by atoms with Gasteiger partial charge in [-0.2, -0.15) is 4.31 Å². The molecule has 1 fully saturated rings. The van der Waals surface area contributed by atoms with Crippen LogP contribution in [0, 0.1) is 0 Å². The van der Waals surface area contributed by atoms with Crippen molar-refractivity contribution < 1.29 is 13.2 Å². The number of sulfonamides is 1. The number of rotatable bonds is 6. The van der Waals surface area contributed by atoms with Crippen LogP contribution in [0.25, 0.3) is 0 Å². The second-order valence-corrected chi connectivity index (χ2v) is 8.11. The van der Waals surface area contributed by atoms with Gasteiger partial charge in [-0.25, -0.2) is 8.42 Å². The highest BCUT2D eigenvalue weighted by molar-refractivity contribution is 7.89. The molecular weight excluding hydrogens is 298 g/mol. The maximum absolute atomic E-state index is 12.8. The number of benzene rings is 1. The van der Waals surface area contributed by atoms with E-state index in [9.17, 15) is 8.42 Å². The Balaban J connectivity index is 2.32. The molecule has 0 spiro atoms. The number of hydrogen-bond acceptors (Lipinski definition) is 3. The molecule has 0 atom stereocenters. The van der Waals surface area contributed by atoms with Crippen LogP contribution in [0.2, 0.25) is 0 Å². The third-order valence-corrected chi connectivity index (χ3v) is 5.91. The minimum Gasteiger partial charge on any atom is -0.493 e. The van der Waals surface area contributed by atoms with E-state index >= 15 is 0 Å². The van der Waals surface area contributed by atoms with E-state index in [0.717, 1.165) is 37.0 Å². The van der Waals surface area contributed by atoms with Crippen LogP contribution in [-0.4, -0.2) is 32.4 Å². The summed E-state index contributed by atoms with van der Waals surface area (Å²) in [5, 5.41) is 0. The zero-order valence-corrected chi connectivity index (χ0v) is 14.7. The molecule has 1 aromatic carbocycles. The number of ether oxygens (including phenoxy) is 1. The molecule has 1 saturated heterocycles. The Labute approximate surface area is 134 Å². The summed E-state index contributed by atoms with van der Waals surface area (Å²) in [6.45, 7) is 8.10. The lowest BCUT2D eigenvalue weighted by Crippen LogP contribution is -2.35. The summed E-state index contributed by atoms with van der Waals surface area (Å²) in [4.78, 5) is 0.391. The van der Waals surface area contributed by atoms with Gasteiger partial charge in [0.2, 0.25) is 10.0 Å². The van der Waals surface area contributed by atoms with E-state index in [1.54, 1.807) is 16.4 Å². The topological polar surface area (TPSA) is 46.6 Å². The Bertz CT molecular complexity index is 590. The normalized spacial score (nSPS) is 16.9. The van der Waals surface area contributed by atoms with Crippen molar-refractivity contribution >= 4 is 10.0 Å². The molecule has 0 amide bonds. The lowest BCUT2D eigenvalue weighted by Gasteiger charge is -2.26. The molecule has 0 bridgehead atoms.